The van der Waals surface area contributed by atoms with Crippen molar-refractivity contribution in [2.45, 2.75) is 39.2 Å². The van der Waals surface area contributed by atoms with E-state index in [4.69, 9.17) is 5.14 Å². The number of likely N-dealkylation sites (tertiary alicyclic amines) is 1. The Morgan fingerprint density at radius 2 is 2.10 bits per heavy atom. The van der Waals surface area contributed by atoms with Crippen molar-refractivity contribution in [3.05, 3.63) is 34.9 Å². The van der Waals surface area contributed by atoms with E-state index in [0.717, 1.165) is 19.5 Å². The van der Waals surface area contributed by atoms with E-state index < -0.39 is 10.0 Å². The molecule has 0 aliphatic carbocycles. The minimum absolute atomic E-state index is 0.0724. The fourth-order valence-electron chi connectivity index (χ4n) is 3.03. The molecule has 1 aromatic carbocycles. The number of primary sulfonamides is 1. The van der Waals surface area contributed by atoms with Gasteiger partial charge >= 0.3 is 0 Å². The van der Waals surface area contributed by atoms with Crippen molar-refractivity contribution >= 4 is 10.0 Å². The second-order valence-electron chi connectivity index (χ2n) is 5.77. The zero-order valence-electron chi connectivity index (χ0n) is 12.3. The largest absolute Gasteiger partial charge is 0.296 e. The zero-order chi connectivity index (χ0) is 14.8. The SMILES string of the molecule is Cc1ccc(C)c([C@@H]2CCCN2CCCS(N)(=O)=O)c1. The summed E-state index contributed by atoms with van der Waals surface area (Å²) in [7, 11) is -3.34. The Bertz CT molecular complexity index is 569. The number of rotatable bonds is 5. The molecule has 0 saturated carbocycles. The van der Waals surface area contributed by atoms with Gasteiger partial charge in [0.25, 0.3) is 0 Å². The fourth-order valence-corrected chi connectivity index (χ4v) is 3.57. The maximum absolute atomic E-state index is 11.0. The van der Waals surface area contributed by atoms with Crippen LogP contribution in [0.15, 0.2) is 18.2 Å². The molecule has 4 nitrogen and oxygen atoms in total. The highest BCUT2D eigenvalue weighted by Gasteiger charge is 2.26. The number of sulfonamides is 1. The highest BCUT2D eigenvalue weighted by Crippen LogP contribution is 2.34. The standard InChI is InChI=1S/C15H24N2O2S/c1-12-6-7-13(2)14(11-12)15-5-3-8-17(15)9-4-10-20(16,18)19/h6-7,11,15H,3-5,8-10H2,1-2H3,(H2,16,18,19)/t15-/m0/s1. The van der Waals surface area contributed by atoms with Crippen LogP contribution in [0.3, 0.4) is 0 Å². The van der Waals surface area contributed by atoms with E-state index >= 15 is 0 Å². The minimum Gasteiger partial charge on any atom is -0.296 e. The number of nitrogens with two attached hydrogens (primary N) is 1. The van der Waals surface area contributed by atoms with Crippen LogP contribution in [-0.2, 0) is 10.0 Å². The van der Waals surface area contributed by atoms with Crippen LogP contribution in [0.2, 0.25) is 0 Å². The van der Waals surface area contributed by atoms with Crippen molar-refractivity contribution < 1.29 is 8.42 Å². The molecule has 2 N–H and O–H groups in total. The molecule has 112 valence electrons. The third-order valence-corrected chi connectivity index (χ3v) is 4.89. The molecule has 20 heavy (non-hydrogen) atoms. The topological polar surface area (TPSA) is 63.4 Å². The Labute approximate surface area is 122 Å². The van der Waals surface area contributed by atoms with Crippen LogP contribution in [0.25, 0.3) is 0 Å². The summed E-state index contributed by atoms with van der Waals surface area (Å²) in [6.45, 7) is 6.11. The van der Waals surface area contributed by atoms with Crippen molar-refractivity contribution in [3.63, 3.8) is 0 Å². The van der Waals surface area contributed by atoms with Gasteiger partial charge in [-0.3, -0.25) is 4.90 Å². The van der Waals surface area contributed by atoms with Crippen LogP contribution >= 0.6 is 0 Å². The average Bonchev–Trinajstić information content (AvgIpc) is 2.79. The van der Waals surface area contributed by atoms with Crippen LogP contribution in [-0.4, -0.2) is 32.2 Å². The van der Waals surface area contributed by atoms with E-state index in [2.05, 4.69) is 36.9 Å². The molecule has 2 rings (SSSR count). The lowest BCUT2D eigenvalue weighted by atomic mass is 9.97. The van der Waals surface area contributed by atoms with Gasteiger partial charge in [0, 0.05) is 6.04 Å². The van der Waals surface area contributed by atoms with Crippen molar-refractivity contribution in [1.82, 2.24) is 4.90 Å². The first-order valence-corrected chi connectivity index (χ1v) is 8.90. The highest BCUT2D eigenvalue weighted by atomic mass is 32.2. The van der Waals surface area contributed by atoms with E-state index in [1.807, 2.05) is 0 Å². The molecule has 0 aromatic heterocycles. The second kappa shape index (κ2) is 6.24. The maximum Gasteiger partial charge on any atom is 0.209 e. The summed E-state index contributed by atoms with van der Waals surface area (Å²) in [6, 6.07) is 7.00. The van der Waals surface area contributed by atoms with Gasteiger partial charge in [0.1, 0.15) is 0 Å². The van der Waals surface area contributed by atoms with Crippen LogP contribution in [0.1, 0.15) is 42.0 Å². The maximum atomic E-state index is 11.0. The highest BCUT2D eigenvalue weighted by molar-refractivity contribution is 7.89. The monoisotopic (exact) mass is 296 g/mol. The van der Waals surface area contributed by atoms with Crippen LogP contribution in [0.5, 0.6) is 0 Å². The zero-order valence-corrected chi connectivity index (χ0v) is 13.1. The molecular weight excluding hydrogens is 272 g/mol. The lowest BCUT2D eigenvalue weighted by molar-refractivity contribution is 0.257. The molecule has 0 radical (unpaired) electrons. The second-order valence-corrected chi connectivity index (χ2v) is 7.51. The Kier molecular flexibility index (Phi) is 4.83. The van der Waals surface area contributed by atoms with Gasteiger partial charge in [-0.05, 0) is 57.3 Å². The summed E-state index contributed by atoms with van der Waals surface area (Å²) in [5.41, 5.74) is 3.99. The Morgan fingerprint density at radius 1 is 1.35 bits per heavy atom. The number of hydrogen-bond acceptors (Lipinski definition) is 3. The van der Waals surface area contributed by atoms with Gasteiger partial charge in [-0.1, -0.05) is 23.8 Å². The molecule has 0 spiro atoms. The summed E-state index contributed by atoms with van der Waals surface area (Å²) in [6.07, 6.45) is 2.94. The predicted octanol–water partition coefficient (Wildman–Crippen LogP) is 2.12. The molecule has 5 heteroatoms. The Hall–Kier alpha value is -0.910. The summed E-state index contributed by atoms with van der Waals surface area (Å²) in [5, 5.41) is 5.06. The van der Waals surface area contributed by atoms with Crippen LogP contribution in [0.4, 0.5) is 0 Å². The van der Waals surface area contributed by atoms with Gasteiger partial charge in [0.15, 0.2) is 0 Å². The molecule has 0 unspecified atom stereocenters. The molecule has 1 fully saturated rings. The quantitative estimate of drug-likeness (QED) is 0.905. The normalized spacial score (nSPS) is 20.4. The number of hydrogen-bond donors (Lipinski definition) is 1. The summed E-state index contributed by atoms with van der Waals surface area (Å²) >= 11 is 0. The molecule has 1 heterocycles. The van der Waals surface area contributed by atoms with Crippen molar-refractivity contribution in [2.75, 3.05) is 18.8 Å². The van der Waals surface area contributed by atoms with Gasteiger partial charge in [-0.15, -0.1) is 0 Å². The van der Waals surface area contributed by atoms with Crippen LogP contribution < -0.4 is 5.14 Å². The molecule has 0 bridgehead atoms. The third kappa shape index (κ3) is 4.04. The number of benzene rings is 1. The molecule has 1 aliphatic rings. The van der Waals surface area contributed by atoms with Crippen molar-refractivity contribution in [3.8, 4) is 0 Å². The fraction of sp³-hybridized carbons (Fsp3) is 0.600. The van der Waals surface area contributed by atoms with Crippen LogP contribution in [0, 0.1) is 13.8 Å². The molecule has 1 aromatic rings. The minimum atomic E-state index is -3.34. The molecule has 1 aliphatic heterocycles. The van der Waals surface area contributed by atoms with E-state index in [9.17, 15) is 8.42 Å². The van der Waals surface area contributed by atoms with Gasteiger partial charge in [0.05, 0.1) is 5.75 Å². The Balaban J connectivity index is 2.05. The summed E-state index contributed by atoms with van der Waals surface area (Å²) < 4.78 is 22.0. The lowest BCUT2D eigenvalue weighted by Crippen LogP contribution is -2.27. The number of nitrogens with zero attached hydrogens (tertiary/aromatic N) is 1. The third-order valence-electron chi connectivity index (χ3n) is 4.03. The summed E-state index contributed by atoms with van der Waals surface area (Å²) in [4.78, 5) is 2.40. The number of aryl methyl sites for hydroxylation is 2. The smallest absolute Gasteiger partial charge is 0.209 e. The molecule has 0 amide bonds. The van der Waals surface area contributed by atoms with Gasteiger partial charge in [-0.25, -0.2) is 13.6 Å². The van der Waals surface area contributed by atoms with Gasteiger partial charge < -0.3 is 0 Å². The molecule has 1 atom stereocenters. The van der Waals surface area contributed by atoms with E-state index in [1.54, 1.807) is 0 Å². The first-order valence-electron chi connectivity index (χ1n) is 7.18. The van der Waals surface area contributed by atoms with E-state index in [-0.39, 0.29) is 5.75 Å². The van der Waals surface area contributed by atoms with Gasteiger partial charge in [-0.2, -0.15) is 0 Å². The van der Waals surface area contributed by atoms with E-state index in [1.165, 1.54) is 23.1 Å². The first kappa shape index (κ1) is 15.5. The molecule has 1 saturated heterocycles. The lowest BCUT2D eigenvalue weighted by Gasteiger charge is -2.26. The Morgan fingerprint density at radius 3 is 2.80 bits per heavy atom. The van der Waals surface area contributed by atoms with E-state index in [0.29, 0.717) is 12.5 Å². The summed E-state index contributed by atoms with van der Waals surface area (Å²) in [5.74, 6) is 0.0724. The van der Waals surface area contributed by atoms with Crippen molar-refractivity contribution in [1.29, 1.82) is 0 Å². The van der Waals surface area contributed by atoms with Gasteiger partial charge in [0.2, 0.25) is 10.0 Å². The predicted molar refractivity (Wildman–Crippen MR) is 82.1 cm³/mol. The molecular formula is C15H24N2O2S. The van der Waals surface area contributed by atoms with Crippen molar-refractivity contribution in [2.24, 2.45) is 5.14 Å². The average molecular weight is 296 g/mol. The first-order chi connectivity index (χ1) is 9.37.